The van der Waals surface area contributed by atoms with Gasteiger partial charge in [0, 0.05) is 5.56 Å². The monoisotopic (exact) mass is 433 g/mol. The Morgan fingerprint density at radius 2 is 1.66 bits per heavy atom. The Morgan fingerprint density at radius 3 is 2.34 bits per heavy atom. The summed E-state index contributed by atoms with van der Waals surface area (Å²) in [5.74, 6) is -1.10. The molecule has 0 spiro atoms. The summed E-state index contributed by atoms with van der Waals surface area (Å²) >= 11 is 0. The molecule has 32 heavy (non-hydrogen) atoms. The molecule has 0 radical (unpaired) electrons. The van der Waals surface area contributed by atoms with E-state index in [2.05, 4.69) is 0 Å². The molecule has 7 nitrogen and oxygen atoms in total. The average molecular weight is 433 g/mol. The lowest BCUT2D eigenvalue weighted by molar-refractivity contribution is -0.123. The summed E-state index contributed by atoms with van der Waals surface area (Å²) in [7, 11) is 1.50. The fourth-order valence-electron chi connectivity index (χ4n) is 5.58. The third kappa shape index (κ3) is 3.20. The van der Waals surface area contributed by atoms with Crippen molar-refractivity contribution in [3.05, 3.63) is 59.7 Å². The number of anilines is 1. The van der Waals surface area contributed by atoms with Crippen LogP contribution in [0.3, 0.4) is 0 Å². The number of rotatable bonds is 6. The SMILES string of the molecule is COc1cccc(C(=O)COC(=O)c2ccccc2N2C(=O)[C@@H]3[C@H]4CC[C@@H](C4)[C@H]3C2=O)c1. The number of benzene rings is 2. The van der Waals surface area contributed by atoms with Crippen molar-refractivity contribution in [1.82, 2.24) is 0 Å². The second kappa shape index (κ2) is 7.89. The Morgan fingerprint density at radius 1 is 0.969 bits per heavy atom. The zero-order valence-electron chi connectivity index (χ0n) is 17.7. The van der Waals surface area contributed by atoms with Crippen molar-refractivity contribution in [3.8, 4) is 5.75 Å². The van der Waals surface area contributed by atoms with Gasteiger partial charge in [0.15, 0.2) is 12.4 Å². The highest BCUT2D eigenvalue weighted by Gasteiger charge is 2.61. The van der Waals surface area contributed by atoms with Crippen LogP contribution in [0.2, 0.25) is 0 Å². The first-order valence-corrected chi connectivity index (χ1v) is 10.8. The van der Waals surface area contributed by atoms with Crippen molar-refractivity contribution in [2.24, 2.45) is 23.7 Å². The molecule has 2 bridgehead atoms. The largest absolute Gasteiger partial charge is 0.497 e. The van der Waals surface area contributed by atoms with Gasteiger partial charge in [-0.25, -0.2) is 9.69 Å². The minimum Gasteiger partial charge on any atom is -0.497 e. The summed E-state index contributed by atoms with van der Waals surface area (Å²) in [5, 5.41) is 0. The Hall–Kier alpha value is -3.48. The molecule has 2 aliphatic carbocycles. The molecule has 0 unspecified atom stereocenters. The molecule has 2 amide bonds. The van der Waals surface area contributed by atoms with Crippen molar-refractivity contribution < 1.29 is 28.7 Å². The van der Waals surface area contributed by atoms with Gasteiger partial charge in [-0.05, 0) is 55.4 Å². The van der Waals surface area contributed by atoms with Crippen LogP contribution < -0.4 is 9.64 Å². The number of ketones is 1. The standard InChI is InChI=1S/C25H23NO6/c1-31-17-6-4-5-14(12-17)20(27)13-32-25(30)18-7-2-3-8-19(18)26-23(28)21-15-9-10-16(11-15)22(21)24(26)29/h2-8,12,15-16,21-22H,9-11,13H2,1H3/t15-,16-,21+,22+/m0/s1. The van der Waals surface area contributed by atoms with Crippen LogP contribution in [0.15, 0.2) is 48.5 Å². The number of para-hydroxylation sites is 1. The number of carbonyl (C=O) groups excluding carboxylic acids is 4. The highest BCUT2D eigenvalue weighted by Crippen LogP contribution is 2.56. The third-order valence-electron chi connectivity index (χ3n) is 7.02. The van der Waals surface area contributed by atoms with Gasteiger partial charge in [-0.15, -0.1) is 0 Å². The quantitative estimate of drug-likeness (QED) is 0.395. The highest BCUT2D eigenvalue weighted by atomic mass is 16.5. The number of methoxy groups -OCH3 is 1. The summed E-state index contributed by atoms with van der Waals surface area (Å²) < 4.78 is 10.4. The Balaban J connectivity index is 1.35. The zero-order valence-corrected chi connectivity index (χ0v) is 17.7. The second-order valence-corrected chi connectivity index (χ2v) is 8.65. The molecule has 0 aromatic heterocycles. The first-order valence-electron chi connectivity index (χ1n) is 10.8. The fourth-order valence-corrected chi connectivity index (χ4v) is 5.58. The number of amides is 2. The van der Waals surface area contributed by atoms with Gasteiger partial charge in [0.25, 0.3) is 0 Å². The number of ether oxygens (including phenoxy) is 2. The lowest BCUT2D eigenvalue weighted by Gasteiger charge is -2.19. The van der Waals surface area contributed by atoms with Crippen LogP contribution in [0.25, 0.3) is 0 Å². The minimum absolute atomic E-state index is 0.0972. The summed E-state index contributed by atoms with van der Waals surface area (Å²) in [5.41, 5.74) is 0.689. The van der Waals surface area contributed by atoms with Gasteiger partial charge in [0.1, 0.15) is 5.75 Å². The van der Waals surface area contributed by atoms with Crippen LogP contribution >= 0.6 is 0 Å². The normalized spacial score (nSPS) is 25.7. The molecule has 0 N–H and O–H groups in total. The van der Waals surface area contributed by atoms with E-state index in [1.54, 1.807) is 42.5 Å². The molecule has 2 saturated carbocycles. The van der Waals surface area contributed by atoms with Gasteiger partial charge in [-0.3, -0.25) is 14.4 Å². The lowest BCUT2D eigenvalue weighted by atomic mass is 9.81. The van der Waals surface area contributed by atoms with E-state index in [-0.39, 0.29) is 52.5 Å². The summed E-state index contributed by atoms with van der Waals surface area (Å²) in [4.78, 5) is 52.8. The molecule has 5 rings (SSSR count). The van der Waals surface area contributed by atoms with Gasteiger partial charge < -0.3 is 9.47 Å². The Kier molecular flexibility index (Phi) is 5.04. The molecular formula is C25H23NO6. The van der Waals surface area contributed by atoms with Crippen molar-refractivity contribution >= 4 is 29.3 Å². The molecule has 1 saturated heterocycles. The molecule has 1 heterocycles. The maximum absolute atomic E-state index is 13.2. The number of imide groups is 1. The van der Waals surface area contributed by atoms with Gasteiger partial charge in [-0.2, -0.15) is 0 Å². The Bertz CT molecular complexity index is 1100. The second-order valence-electron chi connectivity index (χ2n) is 8.65. The van der Waals surface area contributed by atoms with Gasteiger partial charge >= 0.3 is 5.97 Å². The van der Waals surface area contributed by atoms with Crippen LogP contribution in [0.1, 0.15) is 40.0 Å². The number of hydrogen-bond donors (Lipinski definition) is 0. The number of hydrogen-bond acceptors (Lipinski definition) is 6. The van der Waals surface area contributed by atoms with E-state index in [0.717, 1.165) is 19.3 Å². The van der Waals surface area contributed by atoms with Crippen molar-refractivity contribution in [3.63, 3.8) is 0 Å². The predicted octanol–water partition coefficient (Wildman–Crippen LogP) is 3.27. The first kappa shape index (κ1) is 20.4. The number of fused-ring (bicyclic) bond motifs is 5. The summed E-state index contributed by atoms with van der Waals surface area (Å²) in [6.07, 6.45) is 2.90. The van der Waals surface area contributed by atoms with Gasteiger partial charge in [0.2, 0.25) is 11.8 Å². The van der Waals surface area contributed by atoms with Crippen LogP contribution in [0.5, 0.6) is 5.75 Å². The molecule has 3 aliphatic rings. The van der Waals surface area contributed by atoms with E-state index in [9.17, 15) is 19.2 Å². The third-order valence-corrected chi connectivity index (χ3v) is 7.02. The minimum atomic E-state index is -0.752. The van der Waals surface area contributed by atoms with E-state index in [0.29, 0.717) is 11.3 Å². The number of carbonyl (C=O) groups is 4. The molecule has 1 aliphatic heterocycles. The van der Waals surface area contributed by atoms with Crippen molar-refractivity contribution in [1.29, 1.82) is 0 Å². The van der Waals surface area contributed by atoms with E-state index < -0.39 is 12.6 Å². The number of esters is 1. The smallest absolute Gasteiger partial charge is 0.340 e. The van der Waals surface area contributed by atoms with E-state index >= 15 is 0 Å². The van der Waals surface area contributed by atoms with Crippen molar-refractivity contribution in [2.75, 3.05) is 18.6 Å². The molecule has 4 atom stereocenters. The van der Waals surface area contributed by atoms with Crippen molar-refractivity contribution in [2.45, 2.75) is 19.3 Å². The fraction of sp³-hybridized carbons (Fsp3) is 0.360. The summed E-state index contributed by atoms with van der Waals surface area (Å²) in [6, 6.07) is 13.0. The number of nitrogens with zero attached hydrogens (tertiary/aromatic N) is 1. The molecule has 2 aromatic carbocycles. The lowest BCUT2D eigenvalue weighted by Crippen LogP contribution is -2.34. The van der Waals surface area contributed by atoms with Crippen LogP contribution in [-0.2, 0) is 14.3 Å². The van der Waals surface area contributed by atoms with Gasteiger partial charge in [-0.1, -0.05) is 24.3 Å². The molecule has 7 heteroatoms. The maximum Gasteiger partial charge on any atom is 0.340 e. The first-order chi connectivity index (χ1) is 15.5. The molecular weight excluding hydrogens is 410 g/mol. The van der Waals surface area contributed by atoms with E-state index in [1.165, 1.54) is 18.1 Å². The van der Waals surface area contributed by atoms with E-state index in [1.807, 2.05) is 0 Å². The predicted molar refractivity (Wildman–Crippen MR) is 114 cm³/mol. The topological polar surface area (TPSA) is 90.0 Å². The van der Waals surface area contributed by atoms with Crippen LogP contribution in [0.4, 0.5) is 5.69 Å². The maximum atomic E-state index is 13.2. The number of Topliss-reactive ketones (excluding diaryl/α,β-unsaturated/α-hetero) is 1. The molecule has 2 aromatic rings. The average Bonchev–Trinajstić information content (AvgIpc) is 3.51. The molecule has 3 fully saturated rings. The van der Waals surface area contributed by atoms with Gasteiger partial charge in [0.05, 0.1) is 30.2 Å². The zero-order chi connectivity index (χ0) is 22.4. The summed E-state index contributed by atoms with van der Waals surface area (Å²) in [6.45, 7) is -0.461. The Labute approximate surface area is 185 Å². The highest BCUT2D eigenvalue weighted by molar-refractivity contribution is 6.24. The molecule has 164 valence electrons. The van der Waals surface area contributed by atoms with Crippen LogP contribution in [-0.4, -0.2) is 37.3 Å². The van der Waals surface area contributed by atoms with Crippen LogP contribution in [0, 0.1) is 23.7 Å². The van der Waals surface area contributed by atoms with E-state index in [4.69, 9.17) is 9.47 Å².